The summed E-state index contributed by atoms with van der Waals surface area (Å²) in [6.45, 7) is 10.1. The average molecular weight is 376 g/mol. The summed E-state index contributed by atoms with van der Waals surface area (Å²) in [6, 6.07) is 0. The Labute approximate surface area is 162 Å². The first-order valence-corrected chi connectivity index (χ1v) is 10.5. The van der Waals surface area contributed by atoms with E-state index >= 15 is 0 Å². The van der Waals surface area contributed by atoms with Crippen molar-refractivity contribution in [2.24, 2.45) is 11.8 Å². The van der Waals surface area contributed by atoms with Crippen molar-refractivity contribution in [3.05, 3.63) is 18.0 Å². The molecule has 0 amide bonds. The standard InChI is InChI=1S/C20H33N5O2/c26-16-19-15-24(14-18(19)13-23-6-8-27-9-7-23)12-17-10-21-20(22-11-17)25-4-2-1-3-5-25/h10-11,18-19,26H,1-9,12-16H2/t18-,19-/m1/s1. The van der Waals surface area contributed by atoms with Crippen LogP contribution in [0.5, 0.6) is 0 Å². The molecule has 0 aliphatic carbocycles. The number of piperidine rings is 1. The van der Waals surface area contributed by atoms with Gasteiger partial charge in [-0.15, -0.1) is 0 Å². The summed E-state index contributed by atoms with van der Waals surface area (Å²) in [5.41, 5.74) is 1.17. The van der Waals surface area contributed by atoms with Gasteiger partial charge in [-0.05, 0) is 31.1 Å². The van der Waals surface area contributed by atoms with Crippen molar-refractivity contribution in [1.82, 2.24) is 19.8 Å². The number of aromatic nitrogens is 2. The number of morpholine rings is 1. The zero-order chi connectivity index (χ0) is 18.5. The predicted molar refractivity (Wildman–Crippen MR) is 105 cm³/mol. The molecule has 7 heteroatoms. The van der Waals surface area contributed by atoms with Crippen molar-refractivity contribution in [1.29, 1.82) is 0 Å². The molecule has 1 N–H and O–H groups in total. The summed E-state index contributed by atoms with van der Waals surface area (Å²) < 4.78 is 5.45. The number of anilines is 1. The molecule has 0 aromatic carbocycles. The molecule has 1 aromatic rings. The van der Waals surface area contributed by atoms with E-state index in [0.29, 0.717) is 11.8 Å². The molecule has 0 unspecified atom stereocenters. The average Bonchev–Trinajstić information content (AvgIpc) is 3.11. The van der Waals surface area contributed by atoms with E-state index < -0.39 is 0 Å². The van der Waals surface area contributed by atoms with Gasteiger partial charge in [-0.3, -0.25) is 9.80 Å². The molecule has 0 bridgehead atoms. The summed E-state index contributed by atoms with van der Waals surface area (Å²) >= 11 is 0. The van der Waals surface area contributed by atoms with Gasteiger partial charge in [0, 0.05) is 76.9 Å². The lowest BCUT2D eigenvalue weighted by Gasteiger charge is -2.30. The van der Waals surface area contributed by atoms with E-state index in [-0.39, 0.29) is 6.61 Å². The third-order valence-corrected chi connectivity index (χ3v) is 6.22. The van der Waals surface area contributed by atoms with E-state index in [0.717, 1.165) is 71.5 Å². The van der Waals surface area contributed by atoms with Crippen LogP contribution in [-0.4, -0.2) is 90.5 Å². The smallest absolute Gasteiger partial charge is 0.225 e. The lowest BCUT2D eigenvalue weighted by atomic mass is 9.96. The van der Waals surface area contributed by atoms with Crippen molar-refractivity contribution in [2.75, 3.05) is 70.5 Å². The number of hydrogen-bond acceptors (Lipinski definition) is 7. The largest absolute Gasteiger partial charge is 0.396 e. The van der Waals surface area contributed by atoms with Crippen LogP contribution in [0.3, 0.4) is 0 Å². The highest BCUT2D eigenvalue weighted by Gasteiger charge is 2.33. The van der Waals surface area contributed by atoms with Crippen molar-refractivity contribution < 1.29 is 9.84 Å². The number of aliphatic hydroxyl groups is 1. The number of likely N-dealkylation sites (tertiary alicyclic amines) is 1. The van der Waals surface area contributed by atoms with Gasteiger partial charge in [0.25, 0.3) is 0 Å². The van der Waals surface area contributed by atoms with Crippen LogP contribution in [0.15, 0.2) is 12.4 Å². The number of aliphatic hydroxyl groups excluding tert-OH is 1. The van der Waals surface area contributed by atoms with Crippen LogP contribution in [0, 0.1) is 11.8 Å². The molecule has 0 radical (unpaired) electrons. The minimum Gasteiger partial charge on any atom is -0.396 e. The van der Waals surface area contributed by atoms with Crippen LogP contribution < -0.4 is 4.90 Å². The predicted octanol–water partition coefficient (Wildman–Crippen LogP) is 0.839. The third-order valence-electron chi connectivity index (χ3n) is 6.22. The van der Waals surface area contributed by atoms with Gasteiger partial charge in [0.2, 0.25) is 5.95 Å². The first kappa shape index (κ1) is 19.1. The topological polar surface area (TPSA) is 65.0 Å². The first-order valence-electron chi connectivity index (χ1n) is 10.5. The summed E-state index contributed by atoms with van der Waals surface area (Å²) in [5.74, 6) is 1.77. The van der Waals surface area contributed by atoms with Gasteiger partial charge in [-0.1, -0.05) is 0 Å². The van der Waals surface area contributed by atoms with Crippen molar-refractivity contribution in [3.63, 3.8) is 0 Å². The number of rotatable bonds is 6. The van der Waals surface area contributed by atoms with Crippen LogP contribution in [0.25, 0.3) is 0 Å². The van der Waals surface area contributed by atoms with Gasteiger partial charge >= 0.3 is 0 Å². The Morgan fingerprint density at radius 1 is 0.926 bits per heavy atom. The maximum atomic E-state index is 9.83. The molecule has 3 aliphatic heterocycles. The van der Waals surface area contributed by atoms with Crippen LogP contribution in [0.2, 0.25) is 0 Å². The van der Waals surface area contributed by atoms with E-state index in [1.807, 2.05) is 12.4 Å². The second-order valence-corrected chi connectivity index (χ2v) is 8.25. The molecule has 150 valence electrons. The Balaban J connectivity index is 1.31. The maximum Gasteiger partial charge on any atom is 0.225 e. The Bertz CT molecular complexity index is 572. The molecule has 27 heavy (non-hydrogen) atoms. The fraction of sp³-hybridized carbons (Fsp3) is 0.800. The van der Waals surface area contributed by atoms with E-state index in [4.69, 9.17) is 4.74 Å². The molecule has 3 saturated heterocycles. The molecular weight excluding hydrogens is 342 g/mol. The summed E-state index contributed by atoms with van der Waals surface area (Å²) in [7, 11) is 0. The Morgan fingerprint density at radius 2 is 1.63 bits per heavy atom. The van der Waals surface area contributed by atoms with Gasteiger partial charge < -0.3 is 14.7 Å². The normalized spacial score (nSPS) is 28.0. The second kappa shape index (κ2) is 9.28. The fourth-order valence-corrected chi connectivity index (χ4v) is 4.64. The minimum atomic E-state index is 0.274. The molecule has 4 rings (SSSR count). The molecule has 7 nitrogen and oxygen atoms in total. The highest BCUT2D eigenvalue weighted by Crippen LogP contribution is 2.26. The SMILES string of the molecule is OC[C@H]1CN(Cc2cnc(N3CCCCC3)nc2)C[C@H]1CN1CCOCC1. The number of hydrogen-bond donors (Lipinski definition) is 1. The molecule has 0 spiro atoms. The Kier molecular flexibility index (Phi) is 6.55. The fourth-order valence-electron chi connectivity index (χ4n) is 4.64. The van der Waals surface area contributed by atoms with Gasteiger partial charge in [0.1, 0.15) is 0 Å². The first-order chi connectivity index (χ1) is 13.3. The van der Waals surface area contributed by atoms with E-state index in [2.05, 4.69) is 24.7 Å². The summed E-state index contributed by atoms with van der Waals surface area (Å²) in [4.78, 5) is 16.5. The van der Waals surface area contributed by atoms with E-state index in [9.17, 15) is 5.11 Å². The Morgan fingerprint density at radius 3 is 2.33 bits per heavy atom. The van der Waals surface area contributed by atoms with Crippen molar-refractivity contribution in [3.8, 4) is 0 Å². The van der Waals surface area contributed by atoms with Gasteiger partial charge in [0.05, 0.1) is 13.2 Å². The summed E-state index contributed by atoms with van der Waals surface area (Å²) in [6.07, 6.45) is 7.78. The number of nitrogens with zero attached hydrogens (tertiary/aromatic N) is 5. The molecule has 0 saturated carbocycles. The van der Waals surface area contributed by atoms with Crippen LogP contribution >= 0.6 is 0 Å². The van der Waals surface area contributed by atoms with E-state index in [1.54, 1.807) is 0 Å². The molecule has 2 atom stereocenters. The summed E-state index contributed by atoms with van der Waals surface area (Å²) in [5, 5.41) is 9.83. The quantitative estimate of drug-likeness (QED) is 0.790. The van der Waals surface area contributed by atoms with Crippen LogP contribution in [-0.2, 0) is 11.3 Å². The van der Waals surface area contributed by atoms with Crippen molar-refractivity contribution in [2.45, 2.75) is 25.8 Å². The molecule has 1 aromatic heterocycles. The lowest BCUT2D eigenvalue weighted by molar-refractivity contribution is 0.0264. The Hall–Kier alpha value is -1.28. The monoisotopic (exact) mass is 375 g/mol. The lowest BCUT2D eigenvalue weighted by Crippen LogP contribution is -2.41. The van der Waals surface area contributed by atoms with Crippen LogP contribution in [0.4, 0.5) is 5.95 Å². The highest BCUT2D eigenvalue weighted by atomic mass is 16.5. The van der Waals surface area contributed by atoms with Crippen LogP contribution in [0.1, 0.15) is 24.8 Å². The van der Waals surface area contributed by atoms with Gasteiger partial charge in [0.15, 0.2) is 0 Å². The minimum absolute atomic E-state index is 0.274. The highest BCUT2D eigenvalue weighted by molar-refractivity contribution is 5.30. The van der Waals surface area contributed by atoms with Gasteiger partial charge in [-0.25, -0.2) is 9.97 Å². The molecule has 3 fully saturated rings. The molecule has 4 heterocycles. The maximum absolute atomic E-state index is 9.83. The number of ether oxygens (including phenoxy) is 1. The molecular formula is C20H33N5O2. The zero-order valence-corrected chi connectivity index (χ0v) is 16.3. The third kappa shape index (κ3) is 4.96. The zero-order valence-electron chi connectivity index (χ0n) is 16.3. The molecule has 3 aliphatic rings. The van der Waals surface area contributed by atoms with E-state index in [1.165, 1.54) is 24.8 Å². The van der Waals surface area contributed by atoms with Gasteiger partial charge in [-0.2, -0.15) is 0 Å². The second-order valence-electron chi connectivity index (χ2n) is 8.25. The van der Waals surface area contributed by atoms with Crippen molar-refractivity contribution >= 4 is 5.95 Å².